The van der Waals surface area contributed by atoms with Gasteiger partial charge in [-0.3, -0.25) is 9.36 Å². The topological polar surface area (TPSA) is 67.2 Å². The van der Waals surface area contributed by atoms with Crippen LogP contribution < -0.4 is 10.9 Å². The molecule has 1 atom stereocenters. The van der Waals surface area contributed by atoms with Crippen LogP contribution >= 0.6 is 15.9 Å². The van der Waals surface area contributed by atoms with Crippen molar-refractivity contribution in [3.05, 3.63) is 33.0 Å². The Morgan fingerprint density at radius 3 is 2.95 bits per heavy atom. The van der Waals surface area contributed by atoms with Gasteiger partial charge >= 0.3 is 0 Å². The van der Waals surface area contributed by atoms with E-state index in [2.05, 4.69) is 26.2 Å². The summed E-state index contributed by atoms with van der Waals surface area (Å²) in [6.45, 7) is 2.30. The second-order valence-corrected chi connectivity index (χ2v) is 5.44. The number of aliphatic hydroxyl groups is 1. The van der Waals surface area contributed by atoms with Gasteiger partial charge in [-0.2, -0.15) is 0 Å². The predicted molar refractivity (Wildman–Crippen MR) is 79.5 cm³/mol. The van der Waals surface area contributed by atoms with Crippen molar-refractivity contribution in [1.82, 2.24) is 9.55 Å². The van der Waals surface area contributed by atoms with Crippen LogP contribution in [0.3, 0.4) is 0 Å². The third-order valence-corrected chi connectivity index (χ3v) is 3.38. The number of rotatable bonds is 4. The summed E-state index contributed by atoms with van der Waals surface area (Å²) in [7, 11) is 1.68. The summed E-state index contributed by atoms with van der Waals surface area (Å²) in [5, 5.41) is 12.9. The number of aromatic nitrogens is 2. The van der Waals surface area contributed by atoms with Crippen molar-refractivity contribution in [2.45, 2.75) is 19.4 Å². The highest BCUT2D eigenvalue weighted by molar-refractivity contribution is 9.10. The Hall–Kier alpha value is -1.40. The molecule has 0 bridgehead atoms. The minimum absolute atomic E-state index is 0.0918. The standard InChI is InChI=1S/C13H16BrN3O2/c1-8(18)5-6-15-13-16-11-4-3-9(14)7-10(11)12(19)17(13)2/h3-4,7-8,18H,5-6H2,1-2H3,(H,15,16). The van der Waals surface area contributed by atoms with E-state index in [9.17, 15) is 9.90 Å². The van der Waals surface area contributed by atoms with Gasteiger partial charge in [0.25, 0.3) is 5.56 Å². The zero-order valence-electron chi connectivity index (χ0n) is 10.9. The minimum atomic E-state index is -0.374. The van der Waals surface area contributed by atoms with Crippen LogP contribution in [-0.2, 0) is 7.05 Å². The minimum Gasteiger partial charge on any atom is -0.393 e. The number of anilines is 1. The van der Waals surface area contributed by atoms with E-state index in [1.807, 2.05) is 6.07 Å². The van der Waals surface area contributed by atoms with E-state index in [1.165, 1.54) is 4.57 Å². The van der Waals surface area contributed by atoms with E-state index in [1.54, 1.807) is 26.1 Å². The summed E-state index contributed by atoms with van der Waals surface area (Å²) in [5.74, 6) is 0.514. The quantitative estimate of drug-likeness (QED) is 0.900. The van der Waals surface area contributed by atoms with E-state index >= 15 is 0 Å². The van der Waals surface area contributed by atoms with Gasteiger partial charge in [0.15, 0.2) is 0 Å². The maximum absolute atomic E-state index is 12.2. The van der Waals surface area contributed by atoms with E-state index in [-0.39, 0.29) is 11.7 Å². The molecule has 0 amide bonds. The van der Waals surface area contributed by atoms with Gasteiger partial charge in [0.05, 0.1) is 17.0 Å². The molecule has 1 heterocycles. The lowest BCUT2D eigenvalue weighted by Crippen LogP contribution is -2.23. The average Bonchev–Trinajstić information content (AvgIpc) is 2.36. The van der Waals surface area contributed by atoms with E-state index in [4.69, 9.17) is 0 Å². The van der Waals surface area contributed by atoms with Crippen LogP contribution in [0, 0.1) is 0 Å². The molecule has 0 aliphatic heterocycles. The van der Waals surface area contributed by atoms with Crippen LogP contribution in [-0.4, -0.2) is 27.3 Å². The number of benzene rings is 1. The number of fused-ring (bicyclic) bond motifs is 1. The fourth-order valence-electron chi connectivity index (χ4n) is 1.79. The zero-order valence-corrected chi connectivity index (χ0v) is 12.4. The van der Waals surface area contributed by atoms with Crippen LogP contribution in [0.5, 0.6) is 0 Å². The second-order valence-electron chi connectivity index (χ2n) is 4.53. The maximum atomic E-state index is 12.2. The van der Waals surface area contributed by atoms with Crippen molar-refractivity contribution in [2.75, 3.05) is 11.9 Å². The molecule has 0 aliphatic carbocycles. The molecule has 0 radical (unpaired) electrons. The summed E-state index contributed by atoms with van der Waals surface area (Å²) >= 11 is 3.35. The lowest BCUT2D eigenvalue weighted by atomic mass is 10.2. The molecule has 0 saturated carbocycles. The number of aliphatic hydroxyl groups excluding tert-OH is 1. The molecule has 1 aromatic heterocycles. The third-order valence-electron chi connectivity index (χ3n) is 2.88. The molecule has 1 aromatic carbocycles. The first-order chi connectivity index (χ1) is 8.99. The Morgan fingerprint density at radius 2 is 2.26 bits per heavy atom. The van der Waals surface area contributed by atoms with Gasteiger partial charge < -0.3 is 10.4 Å². The summed E-state index contributed by atoms with van der Waals surface area (Å²) in [6.07, 6.45) is 0.231. The van der Waals surface area contributed by atoms with E-state index < -0.39 is 0 Å². The molecule has 0 spiro atoms. The van der Waals surface area contributed by atoms with Crippen molar-refractivity contribution in [2.24, 2.45) is 7.05 Å². The highest BCUT2D eigenvalue weighted by Gasteiger charge is 2.08. The summed E-state index contributed by atoms with van der Waals surface area (Å²) in [6, 6.07) is 5.43. The predicted octanol–water partition coefficient (Wildman–Crippen LogP) is 1.88. The van der Waals surface area contributed by atoms with Crippen LogP contribution in [0.25, 0.3) is 10.9 Å². The number of hydrogen-bond donors (Lipinski definition) is 2. The zero-order chi connectivity index (χ0) is 14.0. The van der Waals surface area contributed by atoms with E-state index in [0.717, 1.165) is 4.47 Å². The van der Waals surface area contributed by atoms with Crippen LogP contribution in [0.4, 0.5) is 5.95 Å². The molecule has 2 N–H and O–H groups in total. The number of nitrogens with zero attached hydrogens (tertiary/aromatic N) is 2. The molecule has 5 nitrogen and oxygen atoms in total. The Labute approximate surface area is 119 Å². The van der Waals surface area contributed by atoms with E-state index in [0.29, 0.717) is 29.8 Å². The van der Waals surface area contributed by atoms with Gasteiger partial charge in [0, 0.05) is 18.1 Å². The van der Waals surface area contributed by atoms with Crippen molar-refractivity contribution in [1.29, 1.82) is 0 Å². The molecule has 0 fully saturated rings. The van der Waals surface area contributed by atoms with Crippen LogP contribution in [0.15, 0.2) is 27.5 Å². The first-order valence-electron chi connectivity index (χ1n) is 6.07. The molecule has 1 unspecified atom stereocenters. The third kappa shape index (κ3) is 3.13. The molecular formula is C13H16BrN3O2. The number of hydrogen-bond acceptors (Lipinski definition) is 4. The highest BCUT2D eigenvalue weighted by Crippen LogP contribution is 2.16. The highest BCUT2D eigenvalue weighted by atomic mass is 79.9. The molecule has 19 heavy (non-hydrogen) atoms. The molecule has 6 heteroatoms. The first-order valence-corrected chi connectivity index (χ1v) is 6.86. The largest absolute Gasteiger partial charge is 0.393 e. The molecular weight excluding hydrogens is 310 g/mol. The van der Waals surface area contributed by atoms with Gasteiger partial charge in [0.1, 0.15) is 0 Å². The summed E-state index contributed by atoms with van der Waals surface area (Å²) in [4.78, 5) is 16.6. The first kappa shape index (κ1) is 14.0. The van der Waals surface area contributed by atoms with Crippen molar-refractivity contribution in [3.63, 3.8) is 0 Å². The summed E-state index contributed by atoms with van der Waals surface area (Å²) < 4.78 is 2.34. The molecule has 0 aliphatic rings. The number of nitrogens with one attached hydrogen (secondary N) is 1. The monoisotopic (exact) mass is 325 g/mol. The molecule has 2 rings (SSSR count). The smallest absolute Gasteiger partial charge is 0.262 e. The van der Waals surface area contributed by atoms with Gasteiger partial charge in [-0.15, -0.1) is 0 Å². The SMILES string of the molecule is CC(O)CCNc1nc2ccc(Br)cc2c(=O)n1C. The van der Waals surface area contributed by atoms with Crippen molar-refractivity contribution >= 4 is 32.8 Å². The molecule has 102 valence electrons. The fourth-order valence-corrected chi connectivity index (χ4v) is 2.16. The Bertz CT molecular complexity index is 652. The van der Waals surface area contributed by atoms with Crippen molar-refractivity contribution in [3.8, 4) is 0 Å². The molecule has 2 aromatic rings. The maximum Gasteiger partial charge on any atom is 0.262 e. The Balaban J connectivity index is 2.38. The number of halogens is 1. The molecule has 0 saturated heterocycles. The lowest BCUT2D eigenvalue weighted by molar-refractivity contribution is 0.188. The Kier molecular flexibility index (Phi) is 4.21. The lowest BCUT2D eigenvalue weighted by Gasteiger charge is -2.12. The average molecular weight is 326 g/mol. The normalized spacial score (nSPS) is 12.6. The van der Waals surface area contributed by atoms with Crippen LogP contribution in [0.1, 0.15) is 13.3 Å². The second kappa shape index (κ2) is 5.71. The van der Waals surface area contributed by atoms with Gasteiger partial charge in [-0.05, 0) is 31.5 Å². The van der Waals surface area contributed by atoms with Crippen LogP contribution in [0.2, 0.25) is 0 Å². The van der Waals surface area contributed by atoms with Gasteiger partial charge in [-0.25, -0.2) is 4.98 Å². The van der Waals surface area contributed by atoms with Gasteiger partial charge in [0.2, 0.25) is 5.95 Å². The fraction of sp³-hybridized carbons (Fsp3) is 0.385. The van der Waals surface area contributed by atoms with Gasteiger partial charge in [-0.1, -0.05) is 15.9 Å². The Morgan fingerprint density at radius 1 is 1.53 bits per heavy atom. The summed E-state index contributed by atoms with van der Waals surface area (Å²) in [5.41, 5.74) is 0.566. The van der Waals surface area contributed by atoms with Crippen molar-refractivity contribution < 1.29 is 5.11 Å².